The highest BCUT2D eigenvalue weighted by atomic mass is 16.5. The van der Waals surface area contributed by atoms with Gasteiger partial charge in [-0.1, -0.05) is 6.07 Å². The van der Waals surface area contributed by atoms with Crippen LogP contribution in [-0.4, -0.2) is 34.3 Å². The van der Waals surface area contributed by atoms with Crippen molar-refractivity contribution in [2.75, 3.05) is 28.4 Å². The Morgan fingerprint density at radius 2 is 1.54 bits per heavy atom. The van der Waals surface area contributed by atoms with Gasteiger partial charge in [0.25, 0.3) is 5.91 Å². The molecule has 0 saturated carbocycles. The number of amides is 1. The average Bonchev–Trinajstić information content (AvgIpc) is 2.65. The van der Waals surface area contributed by atoms with Gasteiger partial charge in [0.15, 0.2) is 11.5 Å². The minimum atomic E-state index is -0.203. The summed E-state index contributed by atoms with van der Waals surface area (Å²) in [6.45, 7) is 0.291. The Morgan fingerprint density at radius 1 is 0.875 bits per heavy atom. The summed E-state index contributed by atoms with van der Waals surface area (Å²) in [5.74, 6) is 2.18. The molecular weight excluding hydrogens is 310 g/mol. The third-order valence-electron chi connectivity index (χ3n) is 3.56. The first kappa shape index (κ1) is 17.5. The Labute approximate surface area is 141 Å². The molecule has 1 N–H and O–H groups in total. The summed E-state index contributed by atoms with van der Waals surface area (Å²) in [6, 6.07) is 10.5. The predicted octanol–water partition coefficient (Wildman–Crippen LogP) is 2.65. The Bertz CT molecular complexity index is 715. The first-order valence-corrected chi connectivity index (χ1v) is 7.34. The van der Waals surface area contributed by atoms with Gasteiger partial charge in [-0.2, -0.15) is 0 Å². The van der Waals surface area contributed by atoms with Gasteiger partial charge in [-0.05, 0) is 24.3 Å². The lowest BCUT2D eigenvalue weighted by molar-refractivity contribution is 0.0950. The van der Waals surface area contributed by atoms with Gasteiger partial charge in [0.1, 0.15) is 11.5 Å². The number of ether oxygens (including phenoxy) is 4. The standard InChI is InChI=1S/C18H21NO5/c1-21-14-7-5-6-12(8-14)18(20)19-11-13-9-16(23-3)17(24-4)10-15(13)22-2/h5-10H,11H2,1-4H3,(H,19,20). The molecule has 0 fully saturated rings. The molecule has 0 aromatic heterocycles. The Hall–Kier alpha value is -2.89. The van der Waals surface area contributed by atoms with E-state index in [-0.39, 0.29) is 5.91 Å². The number of methoxy groups -OCH3 is 4. The molecule has 0 heterocycles. The maximum atomic E-state index is 12.3. The molecule has 6 heteroatoms. The van der Waals surface area contributed by atoms with Crippen molar-refractivity contribution >= 4 is 5.91 Å². The molecule has 2 aromatic carbocycles. The van der Waals surface area contributed by atoms with Crippen LogP contribution in [0.4, 0.5) is 0 Å². The highest BCUT2D eigenvalue weighted by Gasteiger charge is 2.13. The van der Waals surface area contributed by atoms with Crippen molar-refractivity contribution in [2.45, 2.75) is 6.54 Å². The van der Waals surface area contributed by atoms with Crippen molar-refractivity contribution in [2.24, 2.45) is 0 Å². The lowest BCUT2D eigenvalue weighted by atomic mass is 10.1. The maximum Gasteiger partial charge on any atom is 0.251 e. The van der Waals surface area contributed by atoms with E-state index in [1.54, 1.807) is 64.8 Å². The first-order chi connectivity index (χ1) is 11.6. The lowest BCUT2D eigenvalue weighted by Crippen LogP contribution is -2.23. The van der Waals surface area contributed by atoms with Crippen LogP contribution in [0.3, 0.4) is 0 Å². The van der Waals surface area contributed by atoms with E-state index in [2.05, 4.69) is 5.32 Å². The molecule has 0 aliphatic carbocycles. The fraction of sp³-hybridized carbons (Fsp3) is 0.278. The van der Waals surface area contributed by atoms with Crippen molar-refractivity contribution in [1.29, 1.82) is 0 Å². The van der Waals surface area contributed by atoms with Crippen molar-refractivity contribution in [3.05, 3.63) is 47.5 Å². The highest BCUT2D eigenvalue weighted by molar-refractivity contribution is 5.94. The van der Waals surface area contributed by atoms with Crippen molar-refractivity contribution in [1.82, 2.24) is 5.32 Å². The van der Waals surface area contributed by atoms with E-state index < -0.39 is 0 Å². The smallest absolute Gasteiger partial charge is 0.251 e. The molecule has 6 nitrogen and oxygen atoms in total. The monoisotopic (exact) mass is 331 g/mol. The summed E-state index contributed by atoms with van der Waals surface area (Å²) in [7, 11) is 6.24. The van der Waals surface area contributed by atoms with Crippen LogP contribution >= 0.6 is 0 Å². The van der Waals surface area contributed by atoms with E-state index in [4.69, 9.17) is 18.9 Å². The number of hydrogen-bond acceptors (Lipinski definition) is 5. The largest absolute Gasteiger partial charge is 0.497 e. The zero-order valence-corrected chi connectivity index (χ0v) is 14.2. The molecule has 0 saturated heterocycles. The van der Waals surface area contributed by atoms with Gasteiger partial charge >= 0.3 is 0 Å². The predicted molar refractivity (Wildman–Crippen MR) is 90.3 cm³/mol. The van der Waals surface area contributed by atoms with Gasteiger partial charge in [-0.3, -0.25) is 4.79 Å². The van der Waals surface area contributed by atoms with Crippen LogP contribution < -0.4 is 24.3 Å². The zero-order chi connectivity index (χ0) is 17.5. The number of rotatable bonds is 7. The third-order valence-corrected chi connectivity index (χ3v) is 3.56. The van der Waals surface area contributed by atoms with Crippen LogP contribution in [0.25, 0.3) is 0 Å². The quantitative estimate of drug-likeness (QED) is 0.845. The molecule has 0 aliphatic rings. The fourth-order valence-corrected chi connectivity index (χ4v) is 2.27. The summed E-state index contributed by atoms with van der Waals surface area (Å²) in [4.78, 5) is 12.3. The Morgan fingerprint density at radius 3 is 2.17 bits per heavy atom. The molecule has 0 unspecified atom stereocenters. The lowest BCUT2D eigenvalue weighted by Gasteiger charge is -2.14. The second kappa shape index (κ2) is 8.10. The number of carbonyl (C=O) groups excluding carboxylic acids is 1. The molecule has 24 heavy (non-hydrogen) atoms. The highest BCUT2D eigenvalue weighted by Crippen LogP contribution is 2.34. The minimum absolute atomic E-state index is 0.203. The summed E-state index contributed by atoms with van der Waals surface area (Å²) in [6.07, 6.45) is 0. The number of nitrogens with one attached hydrogen (secondary N) is 1. The molecule has 0 aliphatic heterocycles. The van der Waals surface area contributed by atoms with Crippen LogP contribution in [-0.2, 0) is 6.54 Å². The van der Waals surface area contributed by atoms with E-state index in [9.17, 15) is 4.79 Å². The second-order valence-corrected chi connectivity index (χ2v) is 4.93. The van der Waals surface area contributed by atoms with Crippen LogP contribution in [0.5, 0.6) is 23.0 Å². The molecule has 0 spiro atoms. The van der Waals surface area contributed by atoms with Crippen LogP contribution in [0, 0.1) is 0 Å². The summed E-state index contributed by atoms with van der Waals surface area (Å²) in [5, 5.41) is 2.86. The molecule has 1 amide bonds. The van der Waals surface area contributed by atoms with Gasteiger partial charge in [-0.15, -0.1) is 0 Å². The zero-order valence-electron chi connectivity index (χ0n) is 14.2. The maximum absolute atomic E-state index is 12.3. The van der Waals surface area contributed by atoms with Gasteiger partial charge in [0.05, 0.1) is 28.4 Å². The summed E-state index contributed by atoms with van der Waals surface area (Å²) in [5.41, 5.74) is 1.31. The first-order valence-electron chi connectivity index (χ1n) is 7.34. The molecule has 0 radical (unpaired) electrons. The number of carbonyl (C=O) groups is 1. The summed E-state index contributed by atoms with van der Waals surface area (Å²) < 4.78 is 21.0. The van der Waals surface area contributed by atoms with Crippen LogP contribution in [0.1, 0.15) is 15.9 Å². The van der Waals surface area contributed by atoms with Gasteiger partial charge in [0, 0.05) is 23.7 Å². The molecule has 2 rings (SSSR count). The van der Waals surface area contributed by atoms with Crippen LogP contribution in [0.15, 0.2) is 36.4 Å². The number of hydrogen-bond donors (Lipinski definition) is 1. The average molecular weight is 331 g/mol. The van der Waals surface area contributed by atoms with Gasteiger partial charge in [0.2, 0.25) is 0 Å². The minimum Gasteiger partial charge on any atom is -0.497 e. The van der Waals surface area contributed by atoms with Gasteiger partial charge < -0.3 is 24.3 Å². The van der Waals surface area contributed by atoms with Crippen LogP contribution in [0.2, 0.25) is 0 Å². The van der Waals surface area contributed by atoms with E-state index in [0.29, 0.717) is 35.1 Å². The fourth-order valence-electron chi connectivity index (χ4n) is 2.27. The Balaban J connectivity index is 2.17. The third kappa shape index (κ3) is 3.90. The molecule has 2 aromatic rings. The number of benzene rings is 2. The van der Waals surface area contributed by atoms with E-state index in [1.807, 2.05) is 0 Å². The molecule has 0 bridgehead atoms. The second-order valence-electron chi connectivity index (χ2n) is 4.93. The summed E-state index contributed by atoms with van der Waals surface area (Å²) >= 11 is 0. The van der Waals surface area contributed by atoms with Gasteiger partial charge in [-0.25, -0.2) is 0 Å². The molecule has 0 atom stereocenters. The van der Waals surface area contributed by atoms with Crippen molar-refractivity contribution in [3.8, 4) is 23.0 Å². The normalized spacial score (nSPS) is 10.0. The van der Waals surface area contributed by atoms with E-state index in [0.717, 1.165) is 5.56 Å². The van der Waals surface area contributed by atoms with Crippen molar-refractivity contribution in [3.63, 3.8) is 0 Å². The van der Waals surface area contributed by atoms with Crippen molar-refractivity contribution < 1.29 is 23.7 Å². The van der Waals surface area contributed by atoms with E-state index >= 15 is 0 Å². The van der Waals surface area contributed by atoms with E-state index in [1.165, 1.54) is 0 Å². The topological polar surface area (TPSA) is 66.0 Å². The molecule has 128 valence electrons. The molecular formula is C18H21NO5. The Kier molecular flexibility index (Phi) is 5.89. The SMILES string of the molecule is COc1cccc(C(=O)NCc2cc(OC)c(OC)cc2OC)c1.